The summed E-state index contributed by atoms with van der Waals surface area (Å²) in [5, 5.41) is 14.0. The van der Waals surface area contributed by atoms with Crippen LogP contribution in [-0.2, 0) is 9.59 Å². The second kappa shape index (κ2) is 8.18. The molecule has 0 aliphatic carbocycles. The third-order valence-electron chi connectivity index (χ3n) is 2.52. The zero-order chi connectivity index (χ0) is 15.0. The molecule has 106 valence electrons. The highest BCUT2D eigenvalue weighted by molar-refractivity contribution is 6.34. The Morgan fingerprint density at radius 2 is 2.05 bits per heavy atom. The summed E-state index contributed by atoms with van der Waals surface area (Å²) in [5.41, 5.74) is 0.993. The Balaban J connectivity index is 2.66. The number of halogens is 1. The van der Waals surface area contributed by atoms with Crippen molar-refractivity contribution in [2.75, 3.05) is 10.6 Å². The Morgan fingerprint density at radius 1 is 1.30 bits per heavy atom. The van der Waals surface area contributed by atoms with E-state index in [9.17, 15) is 9.59 Å². The molecule has 0 heterocycles. The lowest BCUT2D eigenvalue weighted by Crippen LogP contribution is -2.12. The van der Waals surface area contributed by atoms with Gasteiger partial charge in [-0.1, -0.05) is 24.9 Å². The Kier molecular flexibility index (Phi) is 6.54. The third-order valence-corrected chi connectivity index (χ3v) is 2.84. The predicted molar refractivity (Wildman–Crippen MR) is 78.5 cm³/mol. The van der Waals surface area contributed by atoms with E-state index in [0.29, 0.717) is 22.8 Å². The standard InChI is InChI=1S/C14H16ClN3O2/c1-2-3-4-13(19)18-12-6-5-10(9-11(12)15)17-14(20)7-8-16/h5-6,9H,2-4,7H2,1H3,(H,17,20)(H,18,19). The number of hydrogen-bond donors (Lipinski definition) is 2. The number of amides is 2. The fourth-order valence-electron chi connectivity index (χ4n) is 1.52. The molecule has 1 aromatic rings. The van der Waals surface area contributed by atoms with Gasteiger partial charge in [-0.2, -0.15) is 5.26 Å². The van der Waals surface area contributed by atoms with E-state index < -0.39 is 5.91 Å². The van der Waals surface area contributed by atoms with Crippen molar-refractivity contribution in [2.45, 2.75) is 32.6 Å². The summed E-state index contributed by atoms with van der Waals surface area (Å²) < 4.78 is 0. The molecule has 0 unspecified atom stereocenters. The van der Waals surface area contributed by atoms with E-state index in [1.54, 1.807) is 18.2 Å². The molecule has 1 rings (SSSR count). The van der Waals surface area contributed by atoms with Gasteiger partial charge in [0, 0.05) is 12.1 Å². The van der Waals surface area contributed by atoms with Gasteiger partial charge >= 0.3 is 0 Å². The van der Waals surface area contributed by atoms with E-state index >= 15 is 0 Å². The van der Waals surface area contributed by atoms with Crippen molar-refractivity contribution in [3.63, 3.8) is 0 Å². The highest BCUT2D eigenvalue weighted by Gasteiger charge is 2.08. The van der Waals surface area contributed by atoms with Crippen molar-refractivity contribution in [3.05, 3.63) is 23.2 Å². The summed E-state index contributed by atoms with van der Waals surface area (Å²) in [7, 11) is 0. The summed E-state index contributed by atoms with van der Waals surface area (Å²) in [5.74, 6) is -0.488. The Bertz CT molecular complexity index is 538. The van der Waals surface area contributed by atoms with Crippen LogP contribution in [0.15, 0.2) is 18.2 Å². The maximum Gasteiger partial charge on any atom is 0.238 e. The molecular weight excluding hydrogens is 278 g/mol. The molecule has 0 fully saturated rings. The molecule has 0 atom stereocenters. The van der Waals surface area contributed by atoms with E-state index in [1.807, 2.05) is 6.92 Å². The molecule has 5 nitrogen and oxygen atoms in total. The van der Waals surface area contributed by atoms with Crippen LogP contribution >= 0.6 is 11.6 Å². The zero-order valence-corrected chi connectivity index (χ0v) is 12.0. The molecule has 0 aromatic heterocycles. The minimum absolute atomic E-state index is 0.0879. The van der Waals surface area contributed by atoms with Gasteiger partial charge in [-0.15, -0.1) is 0 Å². The van der Waals surface area contributed by atoms with Crippen LogP contribution in [-0.4, -0.2) is 11.8 Å². The van der Waals surface area contributed by atoms with Crippen molar-refractivity contribution in [1.82, 2.24) is 0 Å². The number of unbranched alkanes of at least 4 members (excludes halogenated alkanes) is 1. The summed E-state index contributed by atoms with van der Waals surface area (Å²) in [6, 6.07) is 6.53. The number of rotatable bonds is 6. The van der Waals surface area contributed by atoms with E-state index in [4.69, 9.17) is 16.9 Å². The summed E-state index contributed by atoms with van der Waals surface area (Å²) in [4.78, 5) is 22.9. The quantitative estimate of drug-likeness (QED) is 0.844. The van der Waals surface area contributed by atoms with Crippen molar-refractivity contribution in [2.24, 2.45) is 0 Å². The molecule has 0 bridgehead atoms. The van der Waals surface area contributed by atoms with E-state index in [2.05, 4.69) is 10.6 Å². The first kappa shape index (κ1) is 16.0. The lowest BCUT2D eigenvalue weighted by Gasteiger charge is -2.09. The smallest absolute Gasteiger partial charge is 0.238 e. The van der Waals surface area contributed by atoms with Crippen molar-refractivity contribution in [1.29, 1.82) is 5.26 Å². The molecule has 0 radical (unpaired) electrons. The normalized spacial score (nSPS) is 9.65. The molecule has 2 N–H and O–H groups in total. The fourth-order valence-corrected chi connectivity index (χ4v) is 1.75. The van der Waals surface area contributed by atoms with Crippen molar-refractivity contribution in [3.8, 4) is 6.07 Å². The Morgan fingerprint density at radius 3 is 2.65 bits per heavy atom. The van der Waals surface area contributed by atoms with E-state index in [1.165, 1.54) is 6.07 Å². The largest absolute Gasteiger partial charge is 0.325 e. The van der Waals surface area contributed by atoms with Gasteiger partial charge in [0.1, 0.15) is 6.42 Å². The molecule has 0 aliphatic rings. The van der Waals surface area contributed by atoms with E-state index in [-0.39, 0.29) is 12.3 Å². The zero-order valence-electron chi connectivity index (χ0n) is 11.2. The second-order valence-electron chi connectivity index (χ2n) is 4.23. The highest BCUT2D eigenvalue weighted by Crippen LogP contribution is 2.25. The summed E-state index contributed by atoms with van der Waals surface area (Å²) in [6.07, 6.45) is 2.01. The lowest BCUT2D eigenvalue weighted by atomic mass is 10.2. The Labute approximate surface area is 122 Å². The number of carbonyl (C=O) groups is 2. The molecule has 1 aromatic carbocycles. The molecule has 6 heteroatoms. The monoisotopic (exact) mass is 293 g/mol. The number of benzene rings is 1. The van der Waals surface area contributed by atoms with Gasteiger partial charge in [-0.05, 0) is 24.6 Å². The summed E-state index contributed by atoms with van der Waals surface area (Å²) in [6.45, 7) is 2.01. The van der Waals surface area contributed by atoms with Crippen molar-refractivity contribution < 1.29 is 9.59 Å². The third kappa shape index (κ3) is 5.29. The highest BCUT2D eigenvalue weighted by atomic mass is 35.5. The Hall–Kier alpha value is -2.06. The maximum absolute atomic E-state index is 11.6. The molecular formula is C14H16ClN3O2. The lowest BCUT2D eigenvalue weighted by molar-refractivity contribution is -0.116. The average Bonchev–Trinajstić information content (AvgIpc) is 2.40. The summed E-state index contributed by atoms with van der Waals surface area (Å²) >= 11 is 6.04. The minimum atomic E-state index is -0.400. The van der Waals surface area contributed by atoms with Gasteiger partial charge in [0.05, 0.1) is 16.8 Å². The first-order valence-corrected chi connectivity index (χ1v) is 6.70. The molecule has 0 saturated heterocycles. The first-order chi connectivity index (χ1) is 9.56. The molecule has 20 heavy (non-hydrogen) atoms. The molecule has 0 saturated carbocycles. The van der Waals surface area contributed by atoms with E-state index in [0.717, 1.165) is 12.8 Å². The van der Waals surface area contributed by atoms with Crippen molar-refractivity contribution >= 4 is 34.8 Å². The number of nitrogens with zero attached hydrogens (tertiary/aromatic N) is 1. The SMILES string of the molecule is CCCCC(=O)Nc1ccc(NC(=O)CC#N)cc1Cl. The second-order valence-corrected chi connectivity index (χ2v) is 4.64. The van der Waals surface area contributed by atoms with Crippen LogP contribution in [0, 0.1) is 11.3 Å². The number of anilines is 2. The van der Waals surface area contributed by atoms with Crippen LogP contribution in [0.4, 0.5) is 11.4 Å². The van der Waals surface area contributed by atoms with Gasteiger partial charge in [0.2, 0.25) is 11.8 Å². The van der Waals surface area contributed by atoms with Gasteiger partial charge in [0.25, 0.3) is 0 Å². The van der Waals surface area contributed by atoms with Crippen LogP contribution < -0.4 is 10.6 Å². The fraction of sp³-hybridized carbons (Fsp3) is 0.357. The molecule has 2 amide bonds. The topological polar surface area (TPSA) is 82.0 Å². The number of hydrogen-bond acceptors (Lipinski definition) is 3. The van der Waals surface area contributed by atoms with Gasteiger partial charge in [0.15, 0.2) is 0 Å². The minimum Gasteiger partial charge on any atom is -0.325 e. The van der Waals surface area contributed by atoms with Gasteiger partial charge < -0.3 is 10.6 Å². The average molecular weight is 294 g/mol. The van der Waals surface area contributed by atoms with Crippen LogP contribution in [0.2, 0.25) is 5.02 Å². The van der Waals surface area contributed by atoms with Crippen LogP contribution in [0.5, 0.6) is 0 Å². The van der Waals surface area contributed by atoms with Gasteiger partial charge in [-0.3, -0.25) is 9.59 Å². The van der Waals surface area contributed by atoms with Crippen LogP contribution in [0.25, 0.3) is 0 Å². The number of nitriles is 1. The molecule has 0 spiro atoms. The maximum atomic E-state index is 11.6. The molecule has 0 aliphatic heterocycles. The van der Waals surface area contributed by atoms with Crippen LogP contribution in [0.1, 0.15) is 32.6 Å². The number of nitrogens with one attached hydrogen (secondary N) is 2. The number of carbonyl (C=O) groups excluding carboxylic acids is 2. The predicted octanol–water partition coefficient (Wildman–Crippen LogP) is 3.32. The first-order valence-electron chi connectivity index (χ1n) is 6.33. The van der Waals surface area contributed by atoms with Crippen LogP contribution in [0.3, 0.4) is 0 Å². The van der Waals surface area contributed by atoms with Gasteiger partial charge in [-0.25, -0.2) is 0 Å².